The lowest BCUT2D eigenvalue weighted by Crippen LogP contribution is -2.48. The van der Waals surface area contributed by atoms with Crippen LogP contribution in [0.4, 0.5) is 0 Å². The molecule has 1 rings (SSSR count). The van der Waals surface area contributed by atoms with Crippen LogP contribution in [0.2, 0.25) is 0 Å². The molecule has 1 fully saturated rings. The summed E-state index contributed by atoms with van der Waals surface area (Å²) in [4.78, 5) is 11.2. The molecule has 0 amide bonds. The van der Waals surface area contributed by atoms with E-state index in [4.69, 9.17) is 4.74 Å². The van der Waals surface area contributed by atoms with Crippen molar-refractivity contribution in [2.75, 3.05) is 26.5 Å². The van der Waals surface area contributed by atoms with Crippen molar-refractivity contribution in [3.63, 3.8) is 0 Å². The largest absolute Gasteiger partial charge is 0.480 e. The van der Waals surface area contributed by atoms with Crippen LogP contribution in [0.25, 0.3) is 0 Å². The van der Waals surface area contributed by atoms with Crippen LogP contribution in [0.15, 0.2) is 0 Å². The van der Waals surface area contributed by atoms with E-state index in [-0.39, 0.29) is 0 Å². The number of hydrogen-bond acceptors (Lipinski definition) is 4. The summed E-state index contributed by atoms with van der Waals surface area (Å²) in [6.45, 7) is 0.788. The Hall–Kier alpha value is -0.260. The summed E-state index contributed by atoms with van der Waals surface area (Å²) in [6.07, 6.45) is 3.50. The highest BCUT2D eigenvalue weighted by Crippen LogP contribution is 2.37. The minimum atomic E-state index is -0.713. The van der Waals surface area contributed by atoms with Gasteiger partial charge in [-0.15, -0.1) is 0 Å². The number of aliphatic carboxylic acids is 1. The zero-order chi connectivity index (χ0) is 12.0. The fourth-order valence-electron chi connectivity index (χ4n) is 2.12. The Balaban J connectivity index is 2.31. The topological polar surface area (TPSA) is 58.6 Å². The van der Waals surface area contributed by atoms with Crippen LogP contribution in [0, 0.1) is 0 Å². The molecule has 2 N–H and O–H groups in total. The number of hydrogen-bond donors (Lipinski definition) is 2. The number of carbonyl (C=O) groups is 1. The molecule has 1 saturated carbocycles. The molecule has 4 nitrogen and oxygen atoms in total. The van der Waals surface area contributed by atoms with Crippen molar-refractivity contribution in [1.82, 2.24) is 5.32 Å². The van der Waals surface area contributed by atoms with Crippen molar-refractivity contribution in [3.8, 4) is 0 Å². The molecular weight excluding hydrogens is 226 g/mol. The summed E-state index contributed by atoms with van der Waals surface area (Å²) in [5.41, 5.74) is -0.682. The fourth-order valence-corrected chi connectivity index (χ4v) is 3.43. The van der Waals surface area contributed by atoms with E-state index in [2.05, 4.69) is 5.32 Å². The van der Waals surface area contributed by atoms with Gasteiger partial charge in [0.1, 0.15) is 5.54 Å². The molecule has 94 valence electrons. The van der Waals surface area contributed by atoms with E-state index in [0.29, 0.717) is 5.25 Å². The lowest BCUT2D eigenvalue weighted by molar-refractivity contribution is -0.144. The van der Waals surface area contributed by atoms with Crippen LogP contribution >= 0.6 is 11.8 Å². The average Bonchev–Trinajstić information content (AvgIpc) is 2.69. The molecule has 2 unspecified atom stereocenters. The monoisotopic (exact) mass is 247 g/mol. The molecular formula is C11H21NO3S. The summed E-state index contributed by atoms with van der Waals surface area (Å²) in [6, 6.07) is 0. The summed E-state index contributed by atoms with van der Waals surface area (Å²) in [5, 5.41) is 12.6. The smallest absolute Gasteiger partial charge is 0.323 e. The predicted octanol–water partition coefficient (Wildman–Crippen LogP) is 1.35. The van der Waals surface area contributed by atoms with Crippen molar-refractivity contribution in [3.05, 3.63) is 0 Å². The van der Waals surface area contributed by atoms with E-state index in [9.17, 15) is 9.90 Å². The van der Waals surface area contributed by atoms with E-state index in [0.717, 1.165) is 38.0 Å². The van der Waals surface area contributed by atoms with E-state index >= 15 is 0 Å². The molecule has 0 aromatic rings. The van der Waals surface area contributed by atoms with Gasteiger partial charge in [0, 0.05) is 19.0 Å². The average molecular weight is 247 g/mol. The highest BCUT2D eigenvalue weighted by atomic mass is 32.2. The number of rotatable bonds is 7. The summed E-state index contributed by atoms with van der Waals surface area (Å²) >= 11 is 1.88. The second kappa shape index (κ2) is 6.47. The molecule has 0 heterocycles. The van der Waals surface area contributed by atoms with Gasteiger partial charge in [0.05, 0.1) is 0 Å². The van der Waals surface area contributed by atoms with Gasteiger partial charge < -0.3 is 15.2 Å². The maximum Gasteiger partial charge on any atom is 0.323 e. The number of methoxy groups -OCH3 is 1. The first-order chi connectivity index (χ1) is 7.64. The van der Waals surface area contributed by atoms with Crippen molar-refractivity contribution >= 4 is 17.7 Å². The Labute approximate surface area is 101 Å². The molecule has 16 heavy (non-hydrogen) atoms. The standard InChI is InChI=1S/C11H21NO3S/c1-12-11(10(13)14)5-4-9(8-11)16-7-3-6-15-2/h9,12H,3-8H2,1-2H3,(H,13,14). The molecule has 0 aromatic heterocycles. The van der Waals surface area contributed by atoms with E-state index in [1.807, 2.05) is 11.8 Å². The van der Waals surface area contributed by atoms with Gasteiger partial charge in [-0.3, -0.25) is 4.79 Å². The Kier molecular flexibility index (Phi) is 5.58. The van der Waals surface area contributed by atoms with Crippen molar-refractivity contribution in [2.45, 2.75) is 36.5 Å². The fraction of sp³-hybridized carbons (Fsp3) is 0.909. The van der Waals surface area contributed by atoms with Crippen molar-refractivity contribution < 1.29 is 14.6 Å². The van der Waals surface area contributed by atoms with Gasteiger partial charge in [0.25, 0.3) is 0 Å². The normalized spacial score (nSPS) is 29.5. The van der Waals surface area contributed by atoms with Crippen LogP contribution in [-0.4, -0.2) is 48.4 Å². The van der Waals surface area contributed by atoms with E-state index in [1.165, 1.54) is 0 Å². The maximum absolute atomic E-state index is 11.2. The first kappa shape index (κ1) is 13.8. The molecule has 1 aliphatic carbocycles. The van der Waals surface area contributed by atoms with Crippen LogP contribution in [0.1, 0.15) is 25.7 Å². The molecule has 0 saturated heterocycles. The van der Waals surface area contributed by atoms with Crippen LogP contribution in [0.5, 0.6) is 0 Å². The van der Waals surface area contributed by atoms with Gasteiger partial charge in [-0.1, -0.05) is 0 Å². The predicted molar refractivity (Wildman–Crippen MR) is 66.0 cm³/mol. The third-order valence-corrected chi connectivity index (χ3v) is 4.60. The maximum atomic E-state index is 11.2. The number of carboxylic acid groups (broad SMARTS) is 1. The minimum Gasteiger partial charge on any atom is -0.480 e. The lowest BCUT2D eigenvalue weighted by Gasteiger charge is -2.23. The first-order valence-electron chi connectivity index (χ1n) is 5.67. The summed E-state index contributed by atoms with van der Waals surface area (Å²) in [7, 11) is 3.45. The molecule has 5 heteroatoms. The SMILES string of the molecule is CNC1(C(=O)O)CCC(SCCCOC)C1. The van der Waals surface area contributed by atoms with Crippen LogP contribution in [-0.2, 0) is 9.53 Å². The quantitative estimate of drug-likeness (QED) is 0.665. The van der Waals surface area contributed by atoms with Crippen LogP contribution < -0.4 is 5.32 Å². The lowest BCUT2D eigenvalue weighted by atomic mass is 9.99. The second-order valence-corrected chi connectivity index (χ2v) is 5.63. The van der Waals surface area contributed by atoms with E-state index < -0.39 is 11.5 Å². The second-order valence-electron chi connectivity index (χ2n) is 4.22. The highest BCUT2D eigenvalue weighted by molar-refractivity contribution is 7.99. The molecule has 2 atom stereocenters. The molecule has 0 aliphatic heterocycles. The Bertz CT molecular complexity index is 237. The minimum absolute atomic E-state index is 0.473. The molecule has 0 spiro atoms. The zero-order valence-corrected chi connectivity index (χ0v) is 10.8. The first-order valence-corrected chi connectivity index (χ1v) is 6.72. The van der Waals surface area contributed by atoms with Gasteiger partial charge in [0.2, 0.25) is 0 Å². The molecule has 0 radical (unpaired) electrons. The molecule has 0 aromatic carbocycles. The van der Waals surface area contributed by atoms with Gasteiger partial charge >= 0.3 is 5.97 Å². The number of likely N-dealkylation sites (N-methyl/N-ethyl adjacent to an activating group) is 1. The number of thioether (sulfide) groups is 1. The van der Waals surface area contributed by atoms with E-state index in [1.54, 1.807) is 14.2 Å². The number of carboxylic acids is 1. The molecule has 1 aliphatic rings. The third-order valence-electron chi connectivity index (χ3n) is 3.20. The number of ether oxygens (including phenoxy) is 1. The zero-order valence-electron chi connectivity index (χ0n) is 9.99. The Morgan fingerprint density at radius 3 is 2.94 bits per heavy atom. The van der Waals surface area contributed by atoms with Gasteiger partial charge in [-0.25, -0.2) is 0 Å². The Morgan fingerprint density at radius 1 is 1.69 bits per heavy atom. The van der Waals surface area contributed by atoms with Crippen LogP contribution in [0.3, 0.4) is 0 Å². The molecule has 0 bridgehead atoms. The van der Waals surface area contributed by atoms with Gasteiger partial charge in [-0.2, -0.15) is 11.8 Å². The van der Waals surface area contributed by atoms with Gasteiger partial charge in [-0.05, 0) is 38.5 Å². The summed E-state index contributed by atoms with van der Waals surface area (Å²) < 4.78 is 4.99. The Morgan fingerprint density at radius 2 is 2.44 bits per heavy atom. The van der Waals surface area contributed by atoms with Gasteiger partial charge in [0.15, 0.2) is 0 Å². The highest BCUT2D eigenvalue weighted by Gasteiger charge is 2.44. The number of nitrogens with one attached hydrogen (secondary N) is 1. The van der Waals surface area contributed by atoms with Crippen molar-refractivity contribution in [1.29, 1.82) is 0 Å². The van der Waals surface area contributed by atoms with Crippen molar-refractivity contribution in [2.24, 2.45) is 0 Å². The summed E-state index contributed by atoms with van der Waals surface area (Å²) in [5.74, 6) is 0.341. The third kappa shape index (κ3) is 3.37.